The lowest BCUT2D eigenvalue weighted by atomic mass is 9.94. The van der Waals surface area contributed by atoms with Crippen molar-refractivity contribution in [1.82, 2.24) is 0 Å². The summed E-state index contributed by atoms with van der Waals surface area (Å²) in [7, 11) is -7.89. The summed E-state index contributed by atoms with van der Waals surface area (Å²) in [6, 6.07) is 11.9. The van der Waals surface area contributed by atoms with Gasteiger partial charge in [-0.05, 0) is 73.0 Å². The van der Waals surface area contributed by atoms with Gasteiger partial charge in [-0.2, -0.15) is 0 Å². The first kappa shape index (κ1) is 41.8. The molecule has 46 heavy (non-hydrogen) atoms. The molecule has 0 spiro atoms. The van der Waals surface area contributed by atoms with Gasteiger partial charge in [0.05, 0.1) is 41.7 Å². The van der Waals surface area contributed by atoms with Crippen molar-refractivity contribution < 1.29 is 31.2 Å². The Labute approximate surface area is 286 Å². The van der Waals surface area contributed by atoms with Crippen molar-refractivity contribution >= 4 is 34.8 Å². The predicted molar refractivity (Wildman–Crippen MR) is 199 cm³/mol. The van der Waals surface area contributed by atoms with Crippen LogP contribution < -0.4 is 0 Å². The molecule has 1 heterocycles. The van der Waals surface area contributed by atoms with E-state index in [1.165, 1.54) is 0 Å². The highest BCUT2D eigenvalue weighted by Crippen LogP contribution is 2.42. The molecule has 1 aliphatic rings. The predicted octanol–water partition coefficient (Wildman–Crippen LogP) is 9.07. The fourth-order valence-electron chi connectivity index (χ4n) is 5.84. The molecule has 0 saturated carbocycles. The van der Waals surface area contributed by atoms with Crippen LogP contribution in [-0.2, 0) is 32.6 Å². The third-order valence-electron chi connectivity index (χ3n) is 11.3. The SMILES string of the molecule is CC[Si](CC)(CC)OCC[C@@H]1O[C@H](C[C@@H](CO[Si](C)(C)C(C)(C)C)O[Si](C)(C)C(C)(C)C)[C@H](OC)[C@H]1CS(=O)(=O)c1ccccc1. The van der Waals surface area contributed by atoms with Gasteiger partial charge in [0.1, 0.15) is 0 Å². The van der Waals surface area contributed by atoms with Gasteiger partial charge in [-0.15, -0.1) is 0 Å². The monoisotopic (exact) mass is 716 g/mol. The molecule has 0 aliphatic carbocycles. The highest BCUT2D eigenvalue weighted by Gasteiger charge is 2.49. The Balaban J connectivity index is 2.43. The molecular formula is C35H68O7SSi3. The fourth-order valence-corrected chi connectivity index (χ4v) is 12.6. The number of sulfone groups is 1. The quantitative estimate of drug-likeness (QED) is 0.140. The van der Waals surface area contributed by atoms with Crippen LogP contribution in [0.3, 0.4) is 0 Å². The summed E-state index contributed by atoms with van der Waals surface area (Å²) in [4.78, 5) is 0.333. The van der Waals surface area contributed by atoms with E-state index < -0.39 is 40.9 Å². The van der Waals surface area contributed by atoms with Crippen molar-refractivity contribution in [2.24, 2.45) is 5.92 Å². The molecule has 7 nitrogen and oxygen atoms in total. The van der Waals surface area contributed by atoms with E-state index in [2.05, 4.69) is 88.5 Å². The second kappa shape index (κ2) is 16.6. The molecule has 0 radical (unpaired) electrons. The van der Waals surface area contributed by atoms with E-state index in [-0.39, 0.29) is 40.1 Å². The maximum Gasteiger partial charge on any atom is 0.192 e. The molecule has 0 amide bonds. The number of methoxy groups -OCH3 is 1. The van der Waals surface area contributed by atoms with Gasteiger partial charge in [0.15, 0.2) is 34.8 Å². The molecule has 1 aromatic rings. The Morgan fingerprint density at radius 2 is 1.37 bits per heavy atom. The van der Waals surface area contributed by atoms with Crippen LogP contribution in [0, 0.1) is 5.92 Å². The molecule has 1 fully saturated rings. The van der Waals surface area contributed by atoms with Gasteiger partial charge in [-0.3, -0.25) is 0 Å². The molecule has 5 atom stereocenters. The molecule has 0 unspecified atom stereocenters. The Hall–Kier alpha value is -0.379. The molecular weight excluding hydrogens is 649 g/mol. The number of rotatable bonds is 18. The normalized spacial score (nSPS) is 22.7. The average molecular weight is 717 g/mol. The van der Waals surface area contributed by atoms with Crippen LogP contribution in [0.4, 0.5) is 0 Å². The molecule has 0 aromatic heterocycles. The molecule has 0 bridgehead atoms. The minimum Gasteiger partial charge on any atom is -0.417 e. The van der Waals surface area contributed by atoms with Crippen molar-refractivity contribution in [2.75, 3.05) is 26.1 Å². The number of ether oxygens (including phenoxy) is 2. The van der Waals surface area contributed by atoms with Crippen LogP contribution in [0.5, 0.6) is 0 Å². The Morgan fingerprint density at radius 1 is 0.826 bits per heavy atom. The summed E-state index contributed by atoms with van der Waals surface area (Å²) in [5, 5.41) is 0.100. The third kappa shape index (κ3) is 10.8. The molecule has 0 N–H and O–H groups in total. The summed E-state index contributed by atoms with van der Waals surface area (Å²) in [6.45, 7) is 30.3. The maximum absolute atomic E-state index is 13.7. The zero-order chi connectivity index (χ0) is 35.2. The van der Waals surface area contributed by atoms with E-state index in [0.29, 0.717) is 31.0 Å². The van der Waals surface area contributed by atoms with Gasteiger partial charge in [-0.25, -0.2) is 8.42 Å². The van der Waals surface area contributed by atoms with Crippen LogP contribution in [0.25, 0.3) is 0 Å². The molecule has 11 heteroatoms. The smallest absolute Gasteiger partial charge is 0.192 e. The van der Waals surface area contributed by atoms with Crippen molar-refractivity contribution in [1.29, 1.82) is 0 Å². The summed E-state index contributed by atoms with van der Waals surface area (Å²) >= 11 is 0. The highest BCUT2D eigenvalue weighted by molar-refractivity contribution is 7.91. The Morgan fingerprint density at radius 3 is 1.85 bits per heavy atom. The molecule has 1 saturated heterocycles. The van der Waals surface area contributed by atoms with E-state index in [1.54, 1.807) is 31.4 Å². The second-order valence-corrected chi connectivity index (χ2v) is 32.7. The van der Waals surface area contributed by atoms with Crippen LogP contribution in [0.2, 0.25) is 54.4 Å². The minimum atomic E-state index is -3.57. The van der Waals surface area contributed by atoms with E-state index in [0.717, 1.165) is 18.1 Å². The van der Waals surface area contributed by atoms with Gasteiger partial charge < -0.3 is 22.8 Å². The summed E-state index contributed by atoms with van der Waals surface area (Å²) < 4.78 is 60.9. The molecule has 2 rings (SSSR count). The summed E-state index contributed by atoms with van der Waals surface area (Å²) in [6.07, 6.45) is -0.00768. The van der Waals surface area contributed by atoms with Gasteiger partial charge in [0.2, 0.25) is 0 Å². The minimum absolute atomic E-state index is 0.0276. The number of benzene rings is 1. The lowest BCUT2D eigenvalue weighted by Gasteiger charge is -2.42. The van der Waals surface area contributed by atoms with Crippen molar-refractivity contribution in [3.63, 3.8) is 0 Å². The Kier molecular flexibility index (Phi) is 15.0. The number of hydrogen-bond acceptors (Lipinski definition) is 7. The van der Waals surface area contributed by atoms with Crippen molar-refractivity contribution in [3.05, 3.63) is 30.3 Å². The summed E-state index contributed by atoms with van der Waals surface area (Å²) in [5.74, 6) is -0.373. The Bertz CT molecular complexity index is 1150. The van der Waals surface area contributed by atoms with Gasteiger partial charge in [0, 0.05) is 26.1 Å². The first-order valence-corrected chi connectivity index (χ1v) is 27.5. The lowest BCUT2D eigenvalue weighted by Crippen LogP contribution is -2.49. The first-order valence-electron chi connectivity index (χ1n) is 17.5. The molecule has 1 aromatic carbocycles. The zero-order valence-electron chi connectivity index (χ0n) is 31.7. The van der Waals surface area contributed by atoms with E-state index >= 15 is 0 Å². The van der Waals surface area contributed by atoms with E-state index in [1.807, 2.05) is 6.07 Å². The number of hydrogen-bond donors (Lipinski definition) is 0. The van der Waals surface area contributed by atoms with Crippen molar-refractivity contribution in [3.8, 4) is 0 Å². The third-order valence-corrected chi connectivity index (χ3v) is 26.9. The van der Waals surface area contributed by atoms with Crippen molar-refractivity contribution in [2.45, 2.75) is 159 Å². The fraction of sp³-hybridized carbons (Fsp3) is 0.829. The lowest BCUT2D eigenvalue weighted by molar-refractivity contribution is -0.0393. The molecule has 1 aliphatic heterocycles. The maximum atomic E-state index is 13.7. The van der Waals surface area contributed by atoms with Gasteiger partial charge in [0.25, 0.3) is 0 Å². The average Bonchev–Trinajstić information content (AvgIpc) is 3.28. The largest absolute Gasteiger partial charge is 0.417 e. The first-order chi connectivity index (χ1) is 21.1. The van der Waals surface area contributed by atoms with Crippen LogP contribution in [-0.4, -0.2) is 83.9 Å². The van der Waals surface area contributed by atoms with Gasteiger partial charge >= 0.3 is 0 Å². The zero-order valence-corrected chi connectivity index (χ0v) is 35.5. The van der Waals surface area contributed by atoms with Crippen LogP contribution in [0.15, 0.2) is 35.2 Å². The van der Waals surface area contributed by atoms with Gasteiger partial charge in [-0.1, -0.05) is 80.5 Å². The summed E-state index contributed by atoms with van der Waals surface area (Å²) in [5.41, 5.74) is 0. The molecule has 268 valence electrons. The topological polar surface area (TPSA) is 80.3 Å². The van der Waals surface area contributed by atoms with E-state index in [4.69, 9.17) is 22.8 Å². The second-order valence-electron chi connectivity index (χ2n) is 16.4. The van der Waals surface area contributed by atoms with E-state index in [9.17, 15) is 8.42 Å². The van der Waals surface area contributed by atoms with Crippen LogP contribution >= 0.6 is 0 Å². The standard InChI is InChI=1S/C35H68O7SSi3/c1-15-46(16-2,17-3)39-24-23-31-30(27-43(36,37)29-21-19-18-20-22-29)33(38-10)32(41-31)25-28(42-45(13,14)35(7,8)9)26-40-44(11,12)34(4,5)6/h18-22,28,30-33H,15-17,23-27H2,1-14H3/t28-,30-,31-,32+,33+/m0/s1. The highest BCUT2D eigenvalue weighted by atomic mass is 32.2. The van der Waals surface area contributed by atoms with Crippen LogP contribution in [0.1, 0.15) is 75.2 Å².